The lowest BCUT2D eigenvalue weighted by Crippen LogP contribution is -2.50. The molecule has 0 spiro atoms. The fraction of sp³-hybridized carbons (Fsp3) is 0.300. The highest BCUT2D eigenvalue weighted by Crippen LogP contribution is 2.22. The number of aliphatic carboxylic acids is 1. The lowest BCUT2D eigenvalue weighted by Gasteiger charge is -2.26. The minimum Gasteiger partial charge on any atom is -0.480 e. The van der Waals surface area contributed by atoms with Crippen molar-refractivity contribution in [2.75, 3.05) is 14.2 Å². The number of nitrogens with one attached hydrogen (secondary N) is 1. The molecule has 0 bridgehead atoms. The van der Waals surface area contributed by atoms with Crippen molar-refractivity contribution in [1.29, 1.82) is 0 Å². The molecule has 0 saturated heterocycles. The molecule has 8 heteroatoms. The first-order valence-electron chi connectivity index (χ1n) is 8.48. The number of rotatable bonds is 7. The van der Waals surface area contributed by atoms with Gasteiger partial charge < -0.3 is 19.9 Å². The summed E-state index contributed by atoms with van der Waals surface area (Å²) in [5.74, 6) is -6.52. The number of methoxy groups -OCH3 is 2. The van der Waals surface area contributed by atoms with Gasteiger partial charge in [-0.3, -0.25) is 14.4 Å². The van der Waals surface area contributed by atoms with Crippen LogP contribution in [-0.2, 0) is 23.9 Å². The van der Waals surface area contributed by atoms with Crippen LogP contribution in [0.25, 0.3) is 10.8 Å². The van der Waals surface area contributed by atoms with Gasteiger partial charge in [0.1, 0.15) is 6.04 Å². The molecule has 0 radical (unpaired) electrons. The van der Waals surface area contributed by atoms with Gasteiger partial charge in [-0.25, -0.2) is 4.79 Å². The molecule has 2 atom stereocenters. The molecule has 0 unspecified atom stereocenters. The predicted octanol–water partition coefficient (Wildman–Crippen LogP) is 1.62. The minimum absolute atomic E-state index is 0.282. The van der Waals surface area contributed by atoms with Crippen molar-refractivity contribution < 1.29 is 33.8 Å². The average molecular weight is 387 g/mol. The largest absolute Gasteiger partial charge is 0.480 e. The van der Waals surface area contributed by atoms with Crippen LogP contribution in [0.3, 0.4) is 0 Å². The van der Waals surface area contributed by atoms with Crippen LogP contribution in [0.1, 0.15) is 17.3 Å². The molecule has 2 rings (SSSR count). The fourth-order valence-electron chi connectivity index (χ4n) is 3.03. The maximum absolute atomic E-state index is 12.8. The monoisotopic (exact) mass is 387 g/mol. The molecule has 0 aliphatic heterocycles. The second kappa shape index (κ2) is 8.98. The quantitative estimate of drug-likeness (QED) is 0.547. The molecular weight excluding hydrogens is 366 g/mol. The molecule has 2 aromatic rings. The Labute approximate surface area is 161 Å². The number of esters is 2. The molecule has 148 valence electrons. The highest BCUT2D eigenvalue weighted by molar-refractivity contribution is 6.08. The lowest BCUT2D eigenvalue weighted by molar-refractivity contribution is -0.162. The maximum Gasteiger partial charge on any atom is 0.326 e. The van der Waals surface area contributed by atoms with Gasteiger partial charge in [0.05, 0.1) is 14.2 Å². The van der Waals surface area contributed by atoms with Crippen molar-refractivity contribution in [3.63, 3.8) is 0 Å². The number of carbonyl (C=O) groups excluding carboxylic acids is 3. The van der Waals surface area contributed by atoms with Crippen molar-refractivity contribution in [3.05, 3.63) is 48.0 Å². The second-order valence-corrected chi connectivity index (χ2v) is 6.20. The fourth-order valence-corrected chi connectivity index (χ4v) is 3.03. The van der Waals surface area contributed by atoms with E-state index < -0.39 is 41.7 Å². The molecule has 0 saturated carbocycles. The van der Waals surface area contributed by atoms with E-state index in [1.165, 1.54) is 6.92 Å². The van der Waals surface area contributed by atoms with Crippen molar-refractivity contribution >= 4 is 34.6 Å². The molecule has 1 amide bonds. The van der Waals surface area contributed by atoms with Gasteiger partial charge in [0.2, 0.25) is 0 Å². The zero-order valence-corrected chi connectivity index (χ0v) is 15.7. The third-order valence-corrected chi connectivity index (χ3v) is 4.55. The van der Waals surface area contributed by atoms with Crippen LogP contribution in [0, 0.1) is 11.8 Å². The van der Waals surface area contributed by atoms with Gasteiger partial charge >= 0.3 is 17.9 Å². The molecule has 2 aromatic carbocycles. The first-order valence-corrected chi connectivity index (χ1v) is 8.48. The van der Waals surface area contributed by atoms with Crippen LogP contribution in [0.5, 0.6) is 0 Å². The van der Waals surface area contributed by atoms with Crippen LogP contribution in [-0.4, -0.2) is 49.2 Å². The van der Waals surface area contributed by atoms with Crippen LogP contribution in [0.2, 0.25) is 0 Å². The van der Waals surface area contributed by atoms with E-state index in [9.17, 15) is 24.3 Å². The summed E-state index contributed by atoms with van der Waals surface area (Å²) >= 11 is 0. The summed E-state index contributed by atoms with van der Waals surface area (Å²) in [7, 11) is 2.16. The van der Waals surface area contributed by atoms with Gasteiger partial charge in [0.25, 0.3) is 5.91 Å². The number of carboxylic acid groups (broad SMARTS) is 1. The first kappa shape index (κ1) is 20.9. The third-order valence-electron chi connectivity index (χ3n) is 4.55. The molecule has 0 aromatic heterocycles. The van der Waals surface area contributed by atoms with Crippen molar-refractivity contribution in [1.82, 2.24) is 5.32 Å². The Kier molecular flexibility index (Phi) is 6.70. The van der Waals surface area contributed by atoms with E-state index in [1.807, 2.05) is 18.2 Å². The Hall–Kier alpha value is -3.42. The number of carbonyl (C=O) groups is 4. The summed E-state index contributed by atoms with van der Waals surface area (Å²) in [5, 5.41) is 13.5. The number of hydrogen-bond acceptors (Lipinski definition) is 6. The van der Waals surface area contributed by atoms with Crippen LogP contribution < -0.4 is 5.32 Å². The molecule has 0 aliphatic carbocycles. The minimum atomic E-state index is -1.52. The lowest BCUT2D eigenvalue weighted by atomic mass is 9.87. The van der Waals surface area contributed by atoms with E-state index in [0.29, 0.717) is 5.39 Å². The number of fused-ring (bicyclic) bond motifs is 1. The van der Waals surface area contributed by atoms with Crippen LogP contribution in [0.4, 0.5) is 0 Å². The zero-order chi connectivity index (χ0) is 20.8. The summed E-state index contributed by atoms with van der Waals surface area (Å²) in [6.45, 7) is 1.36. The number of benzene rings is 2. The van der Waals surface area contributed by atoms with Gasteiger partial charge in [-0.05, 0) is 16.8 Å². The molecule has 0 heterocycles. The van der Waals surface area contributed by atoms with Crippen molar-refractivity contribution in [2.45, 2.75) is 13.0 Å². The second-order valence-electron chi connectivity index (χ2n) is 6.20. The predicted molar refractivity (Wildman–Crippen MR) is 99.5 cm³/mol. The van der Waals surface area contributed by atoms with E-state index in [4.69, 9.17) is 0 Å². The summed E-state index contributed by atoms with van der Waals surface area (Å²) < 4.78 is 9.18. The highest BCUT2D eigenvalue weighted by atomic mass is 16.5. The van der Waals surface area contributed by atoms with E-state index in [2.05, 4.69) is 14.8 Å². The van der Waals surface area contributed by atoms with Gasteiger partial charge in [0, 0.05) is 11.5 Å². The molecule has 0 fully saturated rings. The zero-order valence-electron chi connectivity index (χ0n) is 15.7. The first-order chi connectivity index (χ1) is 13.3. The Balaban J connectivity index is 2.35. The summed E-state index contributed by atoms with van der Waals surface area (Å²) in [6.07, 6.45) is 0. The van der Waals surface area contributed by atoms with Crippen LogP contribution in [0.15, 0.2) is 42.5 Å². The summed E-state index contributed by atoms with van der Waals surface area (Å²) in [5.41, 5.74) is 0.282. The summed E-state index contributed by atoms with van der Waals surface area (Å²) in [6, 6.07) is 10.7. The molecular formula is C20H21NO7. The Morgan fingerprint density at radius 1 is 0.929 bits per heavy atom. The molecule has 0 aliphatic rings. The smallest absolute Gasteiger partial charge is 0.326 e. The van der Waals surface area contributed by atoms with Crippen molar-refractivity contribution in [3.8, 4) is 0 Å². The Morgan fingerprint density at radius 3 is 2.07 bits per heavy atom. The SMILES string of the molecule is COC(=O)C(C(=O)OC)[C@H](C)[C@H](NC(=O)c1cccc2ccccc12)C(=O)O. The molecule has 28 heavy (non-hydrogen) atoms. The number of hydrogen-bond donors (Lipinski definition) is 2. The molecule has 2 N–H and O–H groups in total. The Morgan fingerprint density at radius 2 is 1.50 bits per heavy atom. The maximum atomic E-state index is 12.8. The van der Waals surface area contributed by atoms with E-state index in [0.717, 1.165) is 19.6 Å². The normalized spacial score (nSPS) is 12.9. The third kappa shape index (κ3) is 4.28. The van der Waals surface area contributed by atoms with Gasteiger partial charge in [0.15, 0.2) is 5.92 Å². The standard InChI is InChI=1S/C20H21NO7/c1-11(15(19(25)27-2)20(26)28-3)16(18(23)24)21-17(22)14-10-6-8-12-7-4-5-9-13(12)14/h4-11,15-16H,1-3H3,(H,21,22)(H,23,24)/t11-,16-/m0/s1. The Bertz CT molecular complexity index is 887. The highest BCUT2D eigenvalue weighted by Gasteiger charge is 2.42. The van der Waals surface area contributed by atoms with Crippen molar-refractivity contribution in [2.24, 2.45) is 11.8 Å². The van der Waals surface area contributed by atoms with Gasteiger partial charge in [-0.2, -0.15) is 0 Å². The van der Waals surface area contributed by atoms with E-state index in [-0.39, 0.29) is 5.56 Å². The number of ether oxygens (including phenoxy) is 2. The van der Waals surface area contributed by atoms with Crippen LogP contribution >= 0.6 is 0 Å². The average Bonchev–Trinajstić information content (AvgIpc) is 2.70. The topological polar surface area (TPSA) is 119 Å². The number of amides is 1. The summed E-state index contributed by atoms with van der Waals surface area (Å²) in [4.78, 5) is 48.5. The van der Waals surface area contributed by atoms with Gasteiger partial charge in [-0.15, -0.1) is 0 Å². The van der Waals surface area contributed by atoms with E-state index >= 15 is 0 Å². The van der Waals surface area contributed by atoms with E-state index in [1.54, 1.807) is 24.3 Å². The number of carboxylic acids is 1. The molecule has 8 nitrogen and oxygen atoms in total. The van der Waals surface area contributed by atoms with Gasteiger partial charge in [-0.1, -0.05) is 43.3 Å².